The number of fused-ring (bicyclic) bond motifs is 3. The van der Waals surface area contributed by atoms with Crippen molar-refractivity contribution < 1.29 is 21.6 Å². The van der Waals surface area contributed by atoms with Crippen LogP contribution in [-0.2, 0) is 39.1 Å². The summed E-state index contributed by atoms with van der Waals surface area (Å²) >= 11 is 0. The average molecular weight is 461 g/mol. The molecule has 31 heavy (non-hydrogen) atoms. The normalized spacial score (nSPS) is 14.5. The Morgan fingerprint density at radius 2 is 1.84 bits per heavy atom. The topological polar surface area (TPSA) is 141 Å². The van der Waals surface area contributed by atoms with Crippen LogP contribution in [0.3, 0.4) is 0 Å². The molecule has 0 atom stereocenters. The minimum Gasteiger partial charge on any atom is -0.350 e. The number of rotatable bonds is 5. The van der Waals surface area contributed by atoms with Gasteiger partial charge in [-0.15, -0.1) is 0 Å². The fourth-order valence-electron chi connectivity index (χ4n) is 3.68. The lowest BCUT2D eigenvalue weighted by Crippen LogP contribution is -2.27. The second kappa shape index (κ2) is 7.59. The van der Waals surface area contributed by atoms with E-state index < -0.39 is 25.8 Å². The highest BCUT2D eigenvalue weighted by Gasteiger charge is 2.34. The van der Waals surface area contributed by atoms with Crippen LogP contribution in [0.1, 0.15) is 21.6 Å². The molecule has 0 radical (unpaired) electrons. The Bertz CT molecular complexity index is 1390. The lowest BCUT2D eigenvalue weighted by molar-refractivity contribution is 0.0947. The molecule has 1 aromatic heterocycles. The first-order chi connectivity index (χ1) is 14.6. The van der Waals surface area contributed by atoms with E-state index in [4.69, 9.17) is 5.14 Å². The van der Waals surface area contributed by atoms with Crippen molar-refractivity contribution in [3.63, 3.8) is 0 Å². The number of benzene rings is 2. The summed E-state index contributed by atoms with van der Waals surface area (Å²) in [5, 5.41) is 12.1. The van der Waals surface area contributed by atoms with Crippen LogP contribution in [0.4, 0.5) is 0 Å². The number of primary sulfonamides is 1. The number of aryl methyl sites for hydroxylation is 1. The predicted octanol–water partition coefficient (Wildman–Crippen LogP) is 0.994. The van der Waals surface area contributed by atoms with Gasteiger partial charge in [-0.3, -0.25) is 9.48 Å². The van der Waals surface area contributed by atoms with Gasteiger partial charge in [0.2, 0.25) is 10.0 Å². The largest absolute Gasteiger partial charge is 0.350 e. The molecule has 0 saturated carbocycles. The Morgan fingerprint density at radius 1 is 1.16 bits per heavy atom. The Balaban J connectivity index is 1.53. The molecule has 1 amide bonds. The lowest BCUT2D eigenvalue weighted by Gasteiger charge is -2.18. The van der Waals surface area contributed by atoms with E-state index in [1.807, 2.05) is 0 Å². The molecule has 0 unspecified atom stereocenters. The van der Waals surface area contributed by atoms with E-state index in [0.717, 1.165) is 5.56 Å². The summed E-state index contributed by atoms with van der Waals surface area (Å²) in [4.78, 5) is 13.0. The molecule has 1 aliphatic heterocycles. The van der Waals surface area contributed by atoms with E-state index in [2.05, 4.69) is 10.4 Å². The molecule has 0 saturated heterocycles. The maximum absolute atomic E-state index is 12.8. The van der Waals surface area contributed by atoms with Crippen molar-refractivity contribution in [2.24, 2.45) is 12.2 Å². The van der Waals surface area contributed by atoms with Gasteiger partial charge in [0.1, 0.15) is 0 Å². The molecule has 0 bridgehead atoms. The molecule has 2 heterocycles. The average Bonchev–Trinajstić information content (AvgIpc) is 3.03. The fraction of sp³-hybridized carbons (Fsp3) is 0.200. The fourth-order valence-corrected chi connectivity index (χ4v) is 5.79. The Morgan fingerprint density at radius 3 is 2.52 bits per heavy atom. The maximum Gasteiger partial charge on any atom is 0.272 e. The van der Waals surface area contributed by atoms with Crippen molar-refractivity contribution in [1.29, 1.82) is 0 Å². The van der Waals surface area contributed by atoms with Crippen LogP contribution < -0.4 is 10.5 Å². The SMILES string of the molecule is Cn1nc(C(=O)NCCc2ccc(S(N)(=O)=O)cc2)c2c1-c1ccccc1S(=O)(=O)C2. The monoisotopic (exact) mass is 460 g/mol. The van der Waals surface area contributed by atoms with Crippen LogP contribution in [0.2, 0.25) is 0 Å². The van der Waals surface area contributed by atoms with Gasteiger partial charge < -0.3 is 5.32 Å². The third-order valence-electron chi connectivity index (χ3n) is 5.12. The number of nitrogens with two attached hydrogens (primary N) is 1. The van der Waals surface area contributed by atoms with Crippen LogP contribution in [0.15, 0.2) is 58.3 Å². The smallest absolute Gasteiger partial charge is 0.272 e. The number of nitrogens with zero attached hydrogens (tertiary/aromatic N) is 2. The maximum atomic E-state index is 12.8. The van der Waals surface area contributed by atoms with Crippen LogP contribution in [0.5, 0.6) is 0 Å². The summed E-state index contributed by atoms with van der Waals surface area (Å²) in [5.74, 6) is -0.752. The number of aromatic nitrogens is 2. The number of carbonyl (C=O) groups excluding carboxylic acids is 1. The summed E-state index contributed by atoms with van der Waals surface area (Å²) in [6.45, 7) is 0.266. The van der Waals surface area contributed by atoms with Gasteiger partial charge in [0.05, 0.1) is 21.2 Å². The molecular weight excluding hydrogens is 440 g/mol. The van der Waals surface area contributed by atoms with Gasteiger partial charge in [0.25, 0.3) is 5.91 Å². The summed E-state index contributed by atoms with van der Waals surface area (Å²) in [7, 11) is -5.65. The third-order valence-corrected chi connectivity index (χ3v) is 7.75. The molecule has 0 fully saturated rings. The molecule has 9 nitrogen and oxygen atoms in total. The van der Waals surface area contributed by atoms with E-state index >= 15 is 0 Å². The minimum absolute atomic E-state index is 0.0156. The van der Waals surface area contributed by atoms with Crippen LogP contribution in [-0.4, -0.2) is 39.1 Å². The number of hydrogen-bond donors (Lipinski definition) is 2. The van der Waals surface area contributed by atoms with E-state index in [1.165, 1.54) is 16.8 Å². The molecule has 3 N–H and O–H groups in total. The zero-order valence-corrected chi connectivity index (χ0v) is 18.2. The molecule has 2 aromatic carbocycles. The first kappa shape index (κ1) is 21.2. The molecule has 3 aromatic rings. The predicted molar refractivity (Wildman–Crippen MR) is 113 cm³/mol. The molecule has 0 spiro atoms. The summed E-state index contributed by atoms with van der Waals surface area (Å²) in [6.07, 6.45) is 0.451. The minimum atomic E-state index is -3.76. The molecule has 11 heteroatoms. The van der Waals surface area contributed by atoms with Crippen molar-refractivity contribution in [1.82, 2.24) is 15.1 Å². The highest BCUT2D eigenvalue weighted by atomic mass is 32.2. The van der Waals surface area contributed by atoms with E-state index in [1.54, 1.807) is 43.4 Å². The van der Waals surface area contributed by atoms with Gasteiger partial charge in [-0.05, 0) is 30.2 Å². The number of carbonyl (C=O) groups is 1. The Hall–Kier alpha value is -3.02. The van der Waals surface area contributed by atoms with Crippen LogP contribution in [0, 0.1) is 0 Å². The first-order valence-electron chi connectivity index (χ1n) is 9.36. The second-order valence-corrected chi connectivity index (χ2v) is 10.8. The van der Waals surface area contributed by atoms with Crippen molar-refractivity contribution in [2.45, 2.75) is 22.0 Å². The number of sulfone groups is 1. The Labute approximate surface area is 179 Å². The summed E-state index contributed by atoms with van der Waals surface area (Å²) in [6, 6.07) is 12.7. The van der Waals surface area contributed by atoms with Crippen LogP contribution in [0.25, 0.3) is 11.3 Å². The van der Waals surface area contributed by atoms with Gasteiger partial charge in [0, 0.05) is 24.7 Å². The van der Waals surface area contributed by atoms with Crippen LogP contribution >= 0.6 is 0 Å². The van der Waals surface area contributed by atoms with E-state index in [9.17, 15) is 21.6 Å². The lowest BCUT2D eigenvalue weighted by atomic mass is 10.1. The van der Waals surface area contributed by atoms with Crippen molar-refractivity contribution in [3.8, 4) is 11.3 Å². The van der Waals surface area contributed by atoms with Crippen molar-refractivity contribution in [3.05, 3.63) is 65.4 Å². The summed E-state index contributed by atoms with van der Waals surface area (Å²) < 4.78 is 49.6. The number of amides is 1. The van der Waals surface area contributed by atoms with Gasteiger partial charge in [0.15, 0.2) is 15.5 Å². The first-order valence-corrected chi connectivity index (χ1v) is 12.6. The molecular formula is C20H20N4O5S2. The van der Waals surface area contributed by atoms with E-state index in [0.29, 0.717) is 23.2 Å². The number of hydrogen-bond acceptors (Lipinski definition) is 6. The molecule has 4 rings (SSSR count). The Kier molecular flexibility index (Phi) is 5.20. The van der Waals surface area contributed by atoms with E-state index in [-0.39, 0.29) is 27.8 Å². The number of sulfonamides is 1. The highest BCUT2D eigenvalue weighted by molar-refractivity contribution is 7.91. The van der Waals surface area contributed by atoms with Crippen molar-refractivity contribution in [2.75, 3.05) is 6.54 Å². The van der Waals surface area contributed by atoms with Gasteiger partial charge in [-0.25, -0.2) is 22.0 Å². The van der Waals surface area contributed by atoms with Gasteiger partial charge in [-0.1, -0.05) is 30.3 Å². The van der Waals surface area contributed by atoms with Crippen molar-refractivity contribution >= 4 is 25.8 Å². The standard InChI is InChI=1S/C20H20N4O5S2/c1-24-19-15-4-2-3-5-17(15)30(26,27)12-16(19)18(23-24)20(25)22-11-10-13-6-8-14(9-7-13)31(21,28)29/h2-9H,10-12H2,1H3,(H,22,25)(H2,21,28,29). The second-order valence-electron chi connectivity index (χ2n) is 7.25. The molecule has 0 aliphatic carbocycles. The van der Waals surface area contributed by atoms with Gasteiger partial charge in [-0.2, -0.15) is 5.10 Å². The quantitative estimate of drug-likeness (QED) is 0.582. The zero-order valence-electron chi connectivity index (χ0n) is 16.6. The molecule has 162 valence electrons. The molecule has 1 aliphatic rings. The third kappa shape index (κ3) is 3.99. The highest BCUT2D eigenvalue weighted by Crippen LogP contribution is 2.38. The van der Waals surface area contributed by atoms with Gasteiger partial charge >= 0.3 is 0 Å². The zero-order chi connectivity index (χ0) is 22.4. The summed E-state index contributed by atoms with van der Waals surface area (Å²) in [5.41, 5.74) is 2.44. The number of nitrogens with one attached hydrogen (secondary N) is 1.